The number of carbonyl (C=O) groups is 5. The Labute approximate surface area is 319 Å². The van der Waals surface area contributed by atoms with Crippen molar-refractivity contribution in [3.63, 3.8) is 0 Å². The van der Waals surface area contributed by atoms with Crippen molar-refractivity contribution in [3.05, 3.63) is 91.8 Å². The first-order valence-corrected chi connectivity index (χ1v) is 19.0. The van der Waals surface area contributed by atoms with Crippen molar-refractivity contribution in [2.75, 3.05) is 31.6 Å². The molecule has 0 bridgehead atoms. The molecule has 4 amide bonds. The van der Waals surface area contributed by atoms with Gasteiger partial charge in [-0.3, -0.25) is 34.2 Å². The highest BCUT2D eigenvalue weighted by Crippen LogP contribution is 2.31. The van der Waals surface area contributed by atoms with E-state index >= 15 is 0 Å². The van der Waals surface area contributed by atoms with E-state index in [2.05, 4.69) is 16.0 Å². The first-order chi connectivity index (χ1) is 25.6. The number of Topliss-reactive ketones (excluding diaryl/α,β-unsaturated/α-hetero) is 1. The lowest BCUT2D eigenvalue weighted by Gasteiger charge is -2.27. The number of piperidine rings is 1. The number of unbranched alkanes of at least 4 members (excludes halogenated alkanes) is 6. The van der Waals surface area contributed by atoms with E-state index in [0.717, 1.165) is 74.1 Å². The smallest absolute Gasteiger partial charge is 0.262 e. The lowest BCUT2D eigenvalue weighted by atomic mass is 9.97. The van der Waals surface area contributed by atoms with Gasteiger partial charge in [-0.2, -0.15) is 0 Å². The van der Waals surface area contributed by atoms with Crippen LogP contribution in [0.3, 0.4) is 0 Å². The molecule has 0 spiro atoms. The van der Waals surface area contributed by atoms with Crippen LogP contribution in [0.1, 0.15) is 101 Å². The van der Waals surface area contributed by atoms with E-state index in [1.807, 2.05) is 28.7 Å². The average Bonchev–Trinajstić information content (AvgIpc) is 3.38. The summed E-state index contributed by atoms with van der Waals surface area (Å²) in [5.41, 5.74) is 0.841. The van der Waals surface area contributed by atoms with Crippen molar-refractivity contribution in [1.82, 2.24) is 15.5 Å². The predicted molar refractivity (Wildman–Crippen MR) is 201 cm³/mol. The number of nitrogens with zero attached hydrogens (tertiary/aromatic N) is 1. The average molecular weight is 847 g/mol. The summed E-state index contributed by atoms with van der Waals surface area (Å²) in [5.74, 6) is -5.62. The quantitative estimate of drug-likeness (QED) is 0.0479. The van der Waals surface area contributed by atoms with Gasteiger partial charge in [-0.15, -0.1) is 0 Å². The zero-order chi connectivity index (χ0) is 37.9. The number of aryl methyl sites for hydroxylation is 1. The summed E-state index contributed by atoms with van der Waals surface area (Å²) in [4.78, 5) is 63.9. The third-order valence-electron chi connectivity index (χ3n) is 9.32. The Bertz CT molecular complexity index is 1860. The maximum Gasteiger partial charge on any atom is 0.262 e. The molecule has 3 N–H and O–H groups in total. The van der Waals surface area contributed by atoms with Crippen molar-refractivity contribution >= 4 is 63.4 Å². The Hall–Kier alpha value is -4.15. The summed E-state index contributed by atoms with van der Waals surface area (Å²) in [6.45, 7) is 1.51. The molecule has 2 aliphatic heterocycles. The maximum absolute atomic E-state index is 14.6. The van der Waals surface area contributed by atoms with Gasteiger partial charge in [0.15, 0.2) is 17.4 Å². The van der Waals surface area contributed by atoms with Gasteiger partial charge in [0.05, 0.1) is 22.5 Å². The summed E-state index contributed by atoms with van der Waals surface area (Å²) in [7, 11) is 0. The highest BCUT2D eigenvalue weighted by molar-refractivity contribution is 14.1. The minimum absolute atomic E-state index is 0.0820. The van der Waals surface area contributed by atoms with Gasteiger partial charge in [0.2, 0.25) is 11.8 Å². The van der Waals surface area contributed by atoms with Gasteiger partial charge in [0.1, 0.15) is 18.5 Å². The normalized spacial score (nSPS) is 15.5. The second kappa shape index (κ2) is 19.3. The van der Waals surface area contributed by atoms with Gasteiger partial charge in [0.25, 0.3) is 11.8 Å². The third-order valence-corrected chi connectivity index (χ3v) is 9.99. The number of carbonyl (C=O) groups excluding carboxylic acids is 5. The monoisotopic (exact) mass is 846 g/mol. The van der Waals surface area contributed by atoms with Crippen LogP contribution < -0.4 is 16.0 Å². The van der Waals surface area contributed by atoms with Crippen molar-refractivity contribution in [2.24, 2.45) is 0 Å². The molecule has 10 nitrogen and oxygen atoms in total. The zero-order valence-corrected chi connectivity index (χ0v) is 31.4. The number of fused-ring (bicyclic) bond motifs is 1. The Morgan fingerprint density at radius 3 is 2.36 bits per heavy atom. The van der Waals surface area contributed by atoms with Gasteiger partial charge < -0.3 is 15.4 Å². The molecule has 2 heterocycles. The van der Waals surface area contributed by atoms with E-state index in [-0.39, 0.29) is 30.7 Å². The van der Waals surface area contributed by atoms with Crippen molar-refractivity contribution in [3.8, 4) is 0 Å². The van der Waals surface area contributed by atoms with Gasteiger partial charge in [0, 0.05) is 22.2 Å². The molecule has 1 fully saturated rings. The van der Waals surface area contributed by atoms with Crippen LogP contribution in [0.25, 0.3) is 0 Å². The second-order valence-corrected chi connectivity index (χ2v) is 14.4. The summed E-state index contributed by atoms with van der Waals surface area (Å²) in [5, 5.41) is 8.10. The zero-order valence-electron chi connectivity index (χ0n) is 29.2. The molecule has 282 valence electrons. The molecule has 0 aliphatic carbocycles. The van der Waals surface area contributed by atoms with Crippen LogP contribution in [-0.4, -0.2) is 66.7 Å². The van der Waals surface area contributed by atoms with E-state index < -0.39 is 58.6 Å². The summed E-state index contributed by atoms with van der Waals surface area (Å²) >= 11 is 1.93. The Kier molecular flexibility index (Phi) is 14.5. The number of ketones is 1. The minimum atomic E-state index is -1.27. The molecule has 2 aliphatic rings. The van der Waals surface area contributed by atoms with Crippen LogP contribution in [0.5, 0.6) is 0 Å². The van der Waals surface area contributed by atoms with Crippen molar-refractivity contribution in [2.45, 2.75) is 76.7 Å². The van der Waals surface area contributed by atoms with Gasteiger partial charge in [-0.1, -0.05) is 44.2 Å². The first-order valence-electron chi connectivity index (χ1n) is 17.9. The van der Waals surface area contributed by atoms with Crippen LogP contribution in [0, 0.1) is 21.0 Å². The summed E-state index contributed by atoms with van der Waals surface area (Å²) < 4.78 is 49.0. The number of nitrogens with one attached hydrogen (secondary N) is 3. The van der Waals surface area contributed by atoms with Crippen LogP contribution in [0.4, 0.5) is 24.5 Å². The molecule has 0 radical (unpaired) electrons. The number of ether oxygens (including phenoxy) is 1. The number of halogens is 4. The standard InChI is InChI=1S/C39H42F3IN4O6/c40-28-15-14-26(36(35(28)42)45-30-16-13-25(43)22-29(30)41)32(48)23-53-21-9-20-44-19-7-5-3-1-2-4-6-10-24-11-8-12-27-34(24)39(52)47(38(27)51)31-17-18-33(49)46-37(31)50/h8,11-16,22,31,44-45H,1-7,9-10,17-21,23H2,(H,46,49,50). The fourth-order valence-corrected chi connectivity index (χ4v) is 6.99. The molecular formula is C39H42F3IN4O6. The number of amides is 4. The molecule has 1 saturated heterocycles. The molecular weight excluding hydrogens is 804 g/mol. The molecule has 1 atom stereocenters. The molecule has 1 unspecified atom stereocenters. The Balaban J connectivity index is 0.909. The number of benzene rings is 3. The number of hydrogen-bond acceptors (Lipinski definition) is 8. The number of anilines is 2. The number of imide groups is 2. The molecule has 14 heteroatoms. The largest absolute Gasteiger partial charge is 0.373 e. The van der Waals surface area contributed by atoms with Gasteiger partial charge in [-0.05, 0) is 110 Å². The Morgan fingerprint density at radius 2 is 1.60 bits per heavy atom. The number of hydrogen-bond donors (Lipinski definition) is 3. The molecule has 53 heavy (non-hydrogen) atoms. The molecule has 3 aromatic carbocycles. The SMILES string of the molecule is O=C1CCC(N2C(=O)c3cccc(CCCCCCCCCNCCCOCC(=O)c4ccc(F)c(F)c4Nc4ccc(I)cc4F)c3C2=O)C(=O)N1. The van der Waals surface area contributed by atoms with Gasteiger partial charge in [-0.25, -0.2) is 13.2 Å². The summed E-state index contributed by atoms with van der Waals surface area (Å²) in [6.07, 6.45) is 8.72. The van der Waals surface area contributed by atoms with E-state index in [1.54, 1.807) is 18.2 Å². The van der Waals surface area contributed by atoms with E-state index in [4.69, 9.17) is 4.74 Å². The van der Waals surface area contributed by atoms with Crippen LogP contribution in [-0.2, 0) is 20.7 Å². The van der Waals surface area contributed by atoms with Crippen molar-refractivity contribution < 1.29 is 41.9 Å². The topological polar surface area (TPSA) is 134 Å². The highest BCUT2D eigenvalue weighted by atomic mass is 127. The molecule has 0 saturated carbocycles. The van der Waals surface area contributed by atoms with E-state index in [1.165, 1.54) is 12.1 Å². The van der Waals surface area contributed by atoms with Crippen molar-refractivity contribution in [1.29, 1.82) is 0 Å². The molecule has 5 rings (SSSR count). The van der Waals surface area contributed by atoms with Crippen LogP contribution >= 0.6 is 22.6 Å². The Morgan fingerprint density at radius 1 is 0.868 bits per heavy atom. The lowest BCUT2D eigenvalue weighted by molar-refractivity contribution is -0.136. The van der Waals surface area contributed by atoms with E-state index in [0.29, 0.717) is 40.7 Å². The fraction of sp³-hybridized carbons (Fsp3) is 0.410. The first kappa shape index (κ1) is 40.0. The molecule has 0 aromatic heterocycles. The third kappa shape index (κ3) is 10.3. The second-order valence-electron chi connectivity index (χ2n) is 13.1. The molecule has 3 aromatic rings. The fourth-order valence-electron chi connectivity index (χ4n) is 6.54. The highest BCUT2D eigenvalue weighted by Gasteiger charge is 2.45. The lowest BCUT2D eigenvalue weighted by Crippen LogP contribution is -2.54. The maximum atomic E-state index is 14.6. The number of rotatable bonds is 20. The van der Waals surface area contributed by atoms with Crippen LogP contribution in [0.15, 0.2) is 48.5 Å². The summed E-state index contributed by atoms with van der Waals surface area (Å²) in [6, 6.07) is 10.5. The minimum Gasteiger partial charge on any atom is -0.373 e. The van der Waals surface area contributed by atoms with E-state index in [9.17, 15) is 37.1 Å². The van der Waals surface area contributed by atoms with Gasteiger partial charge >= 0.3 is 0 Å². The van der Waals surface area contributed by atoms with Crippen LogP contribution in [0.2, 0.25) is 0 Å². The predicted octanol–water partition coefficient (Wildman–Crippen LogP) is 7.01.